The third kappa shape index (κ3) is 2.01. The maximum Gasteiger partial charge on any atom is 0.0184 e. The van der Waals surface area contributed by atoms with Crippen molar-refractivity contribution in [3.05, 3.63) is 53.1 Å². The van der Waals surface area contributed by atoms with E-state index in [0.29, 0.717) is 13.1 Å². The normalized spacial score (nSPS) is 14.4. The van der Waals surface area contributed by atoms with Gasteiger partial charge >= 0.3 is 0 Å². The lowest BCUT2D eigenvalue weighted by atomic mass is 9.97. The minimum Gasteiger partial charge on any atom is -0.326 e. The Hall–Kier alpha value is -1.38. The maximum absolute atomic E-state index is 5.75. The van der Waals surface area contributed by atoms with Crippen LogP contribution in [0.2, 0.25) is 0 Å². The molecule has 0 aromatic heterocycles. The van der Waals surface area contributed by atoms with Gasteiger partial charge in [0.25, 0.3) is 0 Å². The van der Waals surface area contributed by atoms with Crippen molar-refractivity contribution in [1.29, 1.82) is 0 Å². The fourth-order valence-corrected chi connectivity index (χ4v) is 1.90. The van der Waals surface area contributed by atoms with Crippen molar-refractivity contribution in [3.63, 3.8) is 0 Å². The van der Waals surface area contributed by atoms with Crippen molar-refractivity contribution < 1.29 is 0 Å². The largest absolute Gasteiger partial charge is 0.326 e. The molecule has 0 atom stereocenters. The molecule has 1 aliphatic carbocycles. The van der Waals surface area contributed by atoms with Crippen LogP contribution in [0.1, 0.15) is 23.1 Å². The van der Waals surface area contributed by atoms with E-state index in [0.717, 1.165) is 12.0 Å². The third-order valence-electron chi connectivity index (χ3n) is 2.74. The summed E-state index contributed by atoms with van der Waals surface area (Å²) in [5.41, 5.74) is 16.3. The molecule has 1 aromatic carbocycles. The molecule has 2 rings (SSSR count). The van der Waals surface area contributed by atoms with E-state index in [4.69, 9.17) is 11.5 Å². The molecule has 0 radical (unpaired) electrons. The van der Waals surface area contributed by atoms with Crippen LogP contribution in [0.5, 0.6) is 0 Å². The van der Waals surface area contributed by atoms with Crippen LogP contribution in [0.4, 0.5) is 0 Å². The van der Waals surface area contributed by atoms with Gasteiger partial charge < -0.3 is 11.5 Å². The molecule has 1 aliphatic rings. The van der Waals surface area contributed by atoms with Crippen molar-refractivity contribution >= 4 is 5.57 Å². The van der Waals surface area contributed by atoms with Crippen molar-refractivity contribution in [2.45, 2.75) is 19.5 Å². The van der Waals surface area contributed by atoms with Gasteiger partial charge in [-0.3, -0.25) is 0 Å². The van der Waals surface area contributed by atoms with Gasteiger partial charge in [0.15, 0.2) is 0 Å². The Bertz CT molecular complexity index is 417. The summed E-state index contributed by atoms with van der Waals surface area (Å²) in [5.74, 6) is 0. The third-order valence-corrected chi connectivity index (χ3v) is 2.74. The fourth-order valence-electron chi connectivity index (χ4n) is 1.90. The number of rotatable bonds is 3. The quantitative estimate of drug-likeness (QED) is 0.783. The molecule has 0 saturated heterocycles. The molecular weight excluding hydrogens is 184 g/mol. The lowest BCUT2D eigenvalue weighted by Crippen LogP contribution is -2.04. The summed E-state index contributed by atoms with van der Waals surface area (Å²) in [5, 5.41) is 0. The van der Waals surface area contributed by atoms with Crippen LogP contribution >= 0.6 is 0 Å². The predicted octanol–water partition coefficient (Wildman–Crippen LogP) is 1.95. The van der Waals surface area contributed by atoms with Crippen molar-refractivity contribution in [3.8, 4) is 0 Å². The highest BCUT2D eigenvalue weighted by molar-refractivity contribution is 5.73. The number of allylic oxidation sites excluding steroid dienone is 4. The number of hydrogen-bond donors (Lipinski definition) is 2. The standard InChI is InChI=1S/C13H16N2/c14-8-10-5-6-13(12(7-10)9-15)11-3-1-2-4-11/h1-3,5-7H,4,8-9,14-15H2. The lowest BCUT2D eigenvalue weighted by Gasteiger charge is -2.10. The number of nitrogens with two attached hydrogens (primary N) is 2. The van der Waals surface area contributed by atoms with E-state index >= 15 is 0 Å². The van der Waals surface area contributed by atoms with Crippen molar-refractivity contribution in [1.82, 2.24) is 0 Å². The first-order chi connectivity index (χ1) is 7.35. The molecule has 2 nitrogen and oxygen atoms in total. The Morgan fingerprint density at radius 2 is 2.00 bits per heavy atom. The molecular formula is C13H16N2. The van der Waals surface area contributed by atoms with Crippen molar-refractivity contribution in [2.24, 2.45) is 11.5 Å². The van der Waals surface area contributed by atoms with E-state index in [2.05, 4.69) is 36.4 Å². The van der Waals surface area contributed by atoms with Gasteiger partial charge in [-0.05, 0) is 28.7 Å². The van der Waals surface area contributed by atoms with E-state index in [1.165, 1.54) is 16.7 Å². The molecule has 1 aromatic rings. The van der Waals surface area contributed by atoms with E-state index in [9.17, 15) is 0 Å². The summed E-state index contributed by atoms with van der Waals surface area (Å²) < 4.78 is 0. The van der Waals surface area contributed by atoms with Gasteiger partial charge in [-0.15, -0.1) is 0 Å². The summed E-state index contributed by atoms with van der Waals surface area (Å²) in [6.45, 7) is 1.14. The average molecular weight is 200 g/mol. The lowest BCUT2D eigenvalue weighted by molar-refractivity contribution is 1.02. The van der Waals surface area contributed by atoms with Crippen LogP contribution < -0.4 is 11.5 Å². The Kier molecular flexibility index (Phi) is 2.99. The minimum absolute atomic E-state index is 0.570. The highest BCUT2D eigenvalue weighted by Gasteiger charge is 2.08. The predicted molar refractivity (Wildman–Crippen MR) is 64.0 cm³/mol. The SMILES string of the molecule is NCc1ccc(C2=CC=CC2)c(CN)c1. The molecule has 15 heavy (non-hydrogen) atoms. The van der Waals surface area contributed by atoms with Gasteiger partial charge in [-0.2, -0.15) is 0 Å². The Morgan fingerprint density at radius 3 is 2.60 bits per heavy atom. The van der Waals surface area contributed by atoms with Gasteiger partial charge in [0.1, 0.15) is 0 Å². The monoisotopic (exact) mass is 200 g/mol. The molecule has 78 valence electrons. The molecule has 0 aliphatic heterocycles. The molecule has 0 spiro atoms. The molecule has 2 heteroatoms. The second-order valence-electron chi connectivity index (χ2n) is 3.72. The Morgan fingerprint density at radius 1 is 1.13 bits per heavy atom. The molecule has 0 unspecified atom stereocenters. The van der Waals surface area contributed by atoms with Crippen LogP contribution in [-0.4, -0.2) is 0 Å². The molecule has 4 N–H and O–H groups in total. The van der Waals surface area contributed by atoms with Crippen LogP contribution in [0.3, 0.4) is 0 Å². The summed E-state index contributed by atoms with van der Waals surface area (Å²) in [6, 6.07) is 6.31. The first-order valence-electron chi connectivity index (χ1n) is 5.23. The highest BCUT2D eigenvalue weighted by atomic mass is 14.5. The second kappa shape index (κ2) is 4.43. The van der Waals surface area contributed by atoms with Gasteiger partial charge in [-0.1, -0.05) is 36.4 Å². The van der Waals surface area contributed by atoms with E-state index < -0.39 is 0 Å². The number of hydrogen-bond acceptors (Lipinski definition) is 2. The summed E-state index contributed by atoms with van der Waals surface area (Å²) in [4.78, 5) is 0. The van der Waals surface area contributed by atoms with E-state index in [1.54, 1.807) is 0 Å². The zero-order valence-corrected chi connectivity index (χ0v) is 8.74. The Balaban J connectivity index is 2.38. The zero-order chi connectivity index (χ0) is 10.7. The fraction of sp³-hybridized carbons (Fsp3) is 0.231. The van der Waals surface area contributed by atoms with Crippen LogP contribution in [0.25, 0.3) is 5.57 Å². The topological polar surface area (TPSA) is 52.0 Å². The van der Waals surface area contributed by atoms with Crippen LogP contribution in [0, 0.1) is 0 Å². The summed E-state index contributed by atoms with van der Waals surface area (Å²) >= 11 is 0. The molecule has 0 fully saturated rings. The Labute approximate surface area is 90.3 Å². The van der Waals surface area contributed by atoms with Gasteiger partial charge in [0.2, 0.25) is 0 Å². The van der Waals surface area contributed by atoms with Gasteiger partial charge in [0.05, 0.1) is 0 Å². The van der Waals surface area contributed by atoms with E-state index in [1.807, 2.05) is 0 Å². The smallest absolute Gasteiger partial charge is 0.0184 e. The van der Waals surface area contributed by atoms with Crippen LogP contribution in [0.15, 0.2) is 36.4 Å². The second-order valence-corrected chi connectivity index (χ2v) is 3.72. The first kappa shape index (κ1) is 10.1. The highest BCUT2D eigenvalue weighted by Crippen LogP contribution is 2.26. The first-order valence-corrected chi connectivity index (χ1v) is 5.23. The minimum atomic E-state index is 0.570. The molecule has 0 saturated carbocycles. The summed E-state index contributed by atoms with van der Waals surface area (Å²) in [7, 11) is 0. The van der Waals surface area contributed by atoms with Gasteiger partial charge in [-0.25, -0.2) is 0 Å². The molecule has 0 bridgehead atoms. The van der Waals surface area contributed by atoms with Gasteiger partial charge in [0, 0.05) is 13.1 Å². The molecule has 0 amide bonds. The van der Waals surface area contributed by atoms with Crippen molar-refractivity contribution in [2.75, 3.05) is 0 Å². The maximum atomic E-state index is 5.75. The van der Waals surface area contributed by atoms with E-state index in [-0.39, 0.29) is 0 Å². The number of benzene rings is 1. The molecule has 0 heterocycles. The van der Waals surface area contributed by atoms with Crippen LogP contribution in [-0.2, 0) is 13.1 Å². The summed E-state index contributed by atoms with van der Waals surface area (Å²) in [6.07, 6.45) is 7.41. The average Bonchev–Trinajstić information content (AvgIpc) is 2.81. The zero-order valence-electron chi connectivity index (χ0n) is 8.74.